The lowest BCUT2D eigenvalue weighted by atomic mass is 10.2. The van der Waals surface area contributed by atoms with Crippen LogP contribution < -0.4 is 4.74 Å². The number of halogens is 1. The van der Waals surface area contributed by atoms with Crippen molar-refractivity contribution >= 4 is 16.0 Å². The number of esters is 1. The molecule has 0 aromatic heterocycles. The first-order valence-corrected chi connectivity index (χ1v) is 9.87. The van der Waals surface area contributed by atoms with Gasteiger partial charge in [0.15, 0.2) is 0 Å². The zero-order valence-corrected chi connectivity index (χ0v) is 16.3. The Kier molecular flexibility index (Phi) is 6.92. The van der Waals surface area contributed by atoms with Crippen molar-refractivity contribution in [3.63, 3.8) is 0 Å². The molecular weight excluding hydrogens is 373 g/mol. The van der Waals surface area contributed by atoms with Crippen LogP contribution in [-0.2, 0) is 21.4 Å². The zero-order valence-electron chi connectivity index (χ0n) is 15.4. The van der Waals surface area contributed by atoms with Crippen LogP contribution in [0.3, 0.4) is 0 Å². The van der Waals surface area contributed by atoms with E-state index in [1.807, 2.05) is 0 Å². The predicted octanol–water partition coefficient (Wildman–Crippen LogP) is 3.22. The van der Waals surface area contributed by atoms with Crippen LogP contribution in [0.1, 0.15) is 29.8 Å². The Hall–Kier alpha value is -2.45. The lowest BCUT2D eigenvalue weighted by Crippen LogP contribution is -2.31. The Morgan fingerprint density at radius 2 is 1.70 bits per heavy atom. The van der Waals surface area contributed by atoms with Gasteiger partial charge in [-0.15, -0.1) is 0 Å². The molecule has 0 saturated heterocycles. The topological polar surface area (TPSA) is 72.9 Å². The number of carbonyl (C=O) groups excluding carboxylic acids is 1. The summed E-state index contributed by atoms with van der Waals surface area (Å²) in [7, 11) is -2.48. The summed E-state index contributed by atoms with van der Waals surface area (Å²) in [6.45, 7) is 3.71. The smallest absolute Gasteiger partial charge is 0.338 e. The molecule has 2 aromatic carbocycles. The molecule has 6 nitrogen and oxygen atoms in total. The molecule has 0 N–H and O–H groups in total. The monoisotopic (exact) mass is 395 g/mol. The first-order chi connectivity index (χ1) is 12.8. The van der Waals surface area contributed by atoms with Crippen molar-refractivity contribution in [2.24, 2.45) is 0 Å². The standard InChI is InChI=1S/C19H22FNO5S/c1-4-21(5-2)27(23,24)18-12-15(8-11-17(18)20)19(22)26-13-14-6-9-16(25-3)10-7-14/h6-12H,4-5,13H2,1-3H3. The fourth-order valence-electron chi connectivity index (χ4n) is 2.48. The van der Waals surface area contributed by atoms with Gasteiger partial charge in [-0.05, 0) is 35.9 Å². The van der Waals surface area contributed by atoms with Gasteiger partial charge in [-0.3, -0.25) is 0 Å². The molecule has 0 atom stereocenters. The van der Waals surface area contributed by atoms with E-state index in [0.29, 0.717) is 5.75 Å². The third-order valence-corrected chi connectivity index (χ3v) is 6.08. The van der Waals surface area contributed by atoms with Crippen molar-refractivity contribution < 1.29 is 27.1 Å². The molecule has 0 aliphatic rings. The van der Waals surface area contributed by atoms with Gasteiger partial charge < -0.3 is 9.47 Å². The van der Waals surface area contributed by atoms with E-state index in [1.165, 1.54) is 6.07 Å². The molecule has 0 spiro atoms. The summed E-state index contributed by atoms with van der Waals surface area (Å²) in [5.74, 6) is -0.967. The van der Waals surface area contributed by atoms with E-state index in [2.05, 4.69) is 0 Å². The Balaban J connectivity index is 2.19. The van der Waals surface area contributed by atoms with Crippen molar-refractivity contribution in [1.82, 2.24) is 4.31 Å². The fraction of sp³-hybridized carbons (Fsp3) is 0.316. The maximum absolute atomic E-state index is 14.1. The molecule has 0 fully saturated rings. The van der Waals surface area contributed by atoms with Gasteiger partial charge in [0.2, 0.25) is 10.0 Å². The molecule has 27 heavy (non-hydrogen) atoms. The number of hydrogen-bond donors (Lipinski definition) is 0. The van der Waals surface area contributed by atoms with Crippen LogP contribution in [0.25, 0.3) is 0 Å². The van der Waals surface area contributed by atoms with E-state index in [4.69, 9.17) is 9.47 Å². The molecule has 0 aliphatic carbocycles. The van der Waals surface area contributed by atoms with Crippen LogP contribution in [-0.4, -0.2) is 38.9 Å². The molecule has 0 amide bonds. The van der Waals surface area contributed by atoms with Gasteiger partial charge in [0.25, 0.3) is 0 Å². The lowest BCUT2D eigenvalue weighted by Gasteiger charge is -2.19. The van der Waals surface area contributed by atoms with Crippen molar-refractivity contribution in [1.29, 1.82) is 0 Å². The number of methoxy groups -OCH3 is 1. The van der Waals surface area contributed by atoms with Crippen LogP contribution in [0, 0.1) is 5.82 Å². The van der Waals surface area contributed by atoms with Gasteiger partial charge in [0, 0.05) is 13.1 Å². The van der Waals surface area contributed by atoms with Crippen molar-refractivity contribution in [3.8, 4) is 5.75 Å². The normalized spacial score (nSPS) is 11.4. The number of nitrogens with zero attached hydrogens (tertiary/aromatic N) is 1. The number of ether oxygens (including phenoxy) is 2. The second kappa shape index (κ2) is 8.96. The Morgan fingerprint density at radius 1 is 1.07 bits per heavy atom. The number of benzene rings is 2. The summed E-state index contributed by atoms with van der Waals surface area (Å²) < 4.78 is 50.6. The highest BCUT2D eigenvalue weighted by atomic mass is 32.2. The summed E-state index contributed by atoms with van der Waals surface area (Å²) in [6, 6.07) is 10.1. The van der Waals surface area contributed by atoms with Gasteiger partial charge in [0.05, 0.1) is 12.7 Å². The number of sulfonamides is 1. The largest absolute Gasteiger partial charge is 0.497 e. The van der Waals surface area contributed by atoms with Crippen molar-refractivity contribution in [3.05, 3.63) is 59.4 Å². The van der Waals surface area contributed by atoms with Crippen LogP contribution in [0.5, 0.6) is 5.75 Å². The molecule has 8 heteroatoms. The summed E-state index contributed by atoms with van der Waals surface area (Å²) in [5, 5.41) is 0. The summed E-state index contributed by atoms with van der Waals surface area (Å²) in [4.78, 5) is 11.7. The second-order valence-electron chi connectivity index (χ2n) is 5.66. The van der Waals surface area contributed by atoms with Gasteiger partial charge in [-0.2, -0.15) is 4.31 Å². The van der Waals surface area contributed by atoms with Gasteiger partial charge in [-0.25, -0.2) is 17.6 Å². The van der Waals surface area contributed by atoms with Gasteiger partial charge >= 0.3 is 5.97 Å². The molecule has 2 rings (SSSR count). The van der Waals surface area contributed by atoms with Crippen LogP contribution in [0.4, 0.5) is 4.39 Å². The fourth-order valence-corrected chi connectivity index (χ4v) is 4.03. The number of carbonyl (C=O) groups is 1. The highest BCUT2D eigenvalue weighted by Gasteiger charge is 2.26. The third kappa shape index (κ3) is 4.84. The van der Waals surface area contributed by atoms with Gasteiger partial charge in [-0.1, -0.05) is 26.0 Å². The third-order valence-electron chi connectivity index (χ3n) is 4.02. The SMILES string of the molecule is CCN(CC)S(=O)(=O)c1cc(C(=O)OCc2ccc(OC)cc2)ccc1F. The van der Waals surface area contributed by atoms with E-state index in [0.717, 1.165) is 22.0 Å². The highest BCUT2D eigenvalue weighted by Crippen LogP contribution is 2.21. The summed E-state index contributed by atoms with van der Waals surface area (Å²) in [5.41, 5.74) is 0.706. The van der Waals surface area contributed by atoms with Gasteiger partial charge in [0.1, 0.15) is 23.1 Å². The number of rotatable bonds is 8. The molecule has 0 saturated carbocycles. The minimum Gasteiger partial charge on any atom is -0.497 e. The van der Waals surface area contributed by atoms with E-state index in [-0.39, 0.29) is 25.3 Å². The number of hydrogen-bond acceptors (Lipinski definition) is 5. The predicted molar refractivity (Wildman–Crippen MR) is 98.6 cm³/mol. The Morgan fingerprint density at radius 3 is 2.26 bits per heavy atom. The van der Waals surface area contributed by atoms with E-state index in [9.17, 15) is 17.6 Å². The maximum atomic E-state index is 14.1. The molecule has 0 aliphatic heterocycles. The van der Waals surface area contributed by atoms with Crippen LogP contribution in [0.15, 0.2) is 47.4 Å². The average molecular weight is 395 g/mol. The molecule has 0 heterocycles. The minimum absolute atomic E-state index is 0.00165. The first-order valence-electron chi connectivity index (χ1n) is 8.43. The average Bonchev–Trinajstić information content (AvgIpc) is 2.67. The molecule has 146 valence electrons. The molecular formula is C19H22FNO5S. The quantitative estimate of drug-likeness (QED) is 0.642. The zero-order chi connectivity index (χ0) is 20.0. The first kappa shape index (κ1) is 20.9. The summed E-state index contributed by atoms with van der Waals surface area (Å²) in [6.07, 6.45) is 0. The minimum atomic E-state index is -4.03. The maximum Gasteiger partial charge on any atom is 0.338 e. The van der Waals surface area contributed by atoms with Crippen LogP contribution >= 0.6 is 0 Å². The van der Waals surface area contributed by atoms with E-state index >= 15 is 0 Å². The Bertz CT molecular complexity index is 893. The lowest BCUT2D eigenvalue weighted by molar-refractivity contribution is 0.0472. The van der Waals surface area contributed by atoms with Crippen molar-refractivity contribution in [2.45, 2.75) is 25.3 Å². The van der Waals surface area contributed by atoms with Crippen molar-refractivity contribution in [2.75, 3.05) is 20.2 Å². The summed E-state index contributed by atoms with van der Waals surface area (Å²) >= 11 is 0. The molecule has 2 aromatic rings. The molecule has 0 unspecified atom stereocenters. The highest BCUT2D eigenvalue weighted by molar-refractivity contribution is 7.89. The Labute approximate surface area is 158 Å². The van der Waals surface area contributed by atoms with E-state index in [1.54, 1.807) is 45.2 Å². The van der Waals surface area contributed by atoms with E-state index < -0.39 is 26.7 Å². The molecule has 0 bridgehead atoms. The second-order valence-corrected chi connectivity index (χ2v) is 7.57. The van der Waals surface area contributed by atoms with Crippen LogP contribution in [0.2, 0.25) is 0 Å². The molecule has 0 radical (unpaired) electrons.